The number of hydrogen-bond donors (Lipinski definition) is 2. The molecule has 0 spiro atoms. The van der Waals surface area contributed by atoms with Crippen LogP contribution in [0, 0.1) is 0 Å². The summed E-state index contributed by atoms with van der Waals surface area (Å²) in [6.45, 7) is 1.74. The van der Waals surface area contributed by atoms with Crippen molar-refractivity contribution < 1.29 is 29.0 Å². The summed E-state index contributed by atoms with van der Waals surface area (Å²) in [5.41, 5.74) is 3.97. The van der Waals surface area contributed by atoms with Crippen LogP contribution in [0.4, 0.5) is 11.4 Å². The first-order valence-electron chi connectivity index (χ1n) is 14.9. The normalized spacial score (nSPS) is 14.1. The van der Waals surface area contributed by atoms with Crippen molar-refractivity contribution >= 4 is 63.1 Å². The molecule has 1 unspecified atom stereocenters. The number of thioether (sulfide) groups is 1. The van der Waals surface area contributed by atoms with E-state index < -0.39 is 11.2 Å². The second-order valence-electron chi connectivity index (χ2n) is 10.7. The fourth-order valence-corrected chi connectivity index (χ4v) is 6.07. The van der Waals surface area contributed by atoms with E-state index >= 15 is 0 Å². The van der Waals surface area contributed by atoms with E-state index in [0.717, 1.165) is 11.8 Å². The molecule has 0 fully saturated rings. The molecule has 0 aliphatic carbocycles. The van der Waals surface area contributed by atoms with Crippen LogP contribution in [0.3, 0.4) is 0 Å². The molecule has 6 rings (SSSR count). The van der Waals surface area contributed by atoms with Crippen molar-refractivity contribution in [3.05, 3.63) is 120 Å². The molecule has 2 amide bonds. The fraction of sp³-hybridized carbons (Fsp3) is 0.108. The van der Waals surface area contributed by atoms with Crippen molar-refractivity contribution in [2.45, 2.75) is 12.2 Å². The van der Waals surface area contributed by atoms with E-state index in [-0.39, 0.29) is 23.1 Å². The number of hydrogen-bond acceptors (Lipinski definition) is 8. The van der Waals surface area contributed by atoms with Gasteiger partial charge in [0.05, 0.1) is 41.9 Å². The van der Waals surface area contributed by atoms with Crippen molar-refractivity contribution in [3.8, 4) is 22.8 Å². The largest absolute Gasteiger partial charge is 0.497 e. The quantitative estimate of drug-likeness (QED) is 0.160. The number of amides is 2. The number of nitrogens with zero attached hydrogens (tertiary/aromatic N) is 3. The lowest BCUT2D eigenvalue weighted by Crippen LogP contribution is -2.33. The summed E-state index contributed by atoms with van der Waals surface area (Å²) in [4.78, 5) is 49.7. The van der Waals surface area contributed by atoms with Crippen LogP contribution in [0.1, 0.15) is 22.8 Å². The van der Waals surface area contributed by atoms with Gasteiger partial charge in [-0.05, 0) is 61.5 Å². The standard InChI is InChI=1S/C37H30N4O6S/c1-22(34(42)38-25-16-13-23(14-17-25)31-21-29(36(44)45)28-11-7-8-12-30(28)39-31)48-37-40-32(35(43)41(37)26-9-5-4-6-10-26)19-24-15-18-27(46-2)20-33(24)47-3/h4-22H,1-3H3,(H,38,42)(H,44,45)/b32-19-. The molecular weight excluding hydrogens is 628 g/mol. The van der Waals surface area contributed by atoms with Crippen LogP contribution < -0.4 is 19.7 Å². The maximum absolute atomic E-state index is 13.7. The Labute approximate surface area is 280 Å². The molecule has 0 saturated carbocycles. The zero-order chi connectivity index (χ0) is 33.8. The summed E-state index contributed by atoms with van der Waals surface area (Å²) in [5.74, 6) is -0.521. The van der Waals surface area contributed by atoms with E-state index in [0.29, 0.717) is 55.8 Å². The summed E-state index contributed by atoms with van der Waals surface area (Å²) in [6.07, 6.45) is 1.65. The highest BCUT2D eigenvalue weighted by Gasteiger charge is 2.34. The van der Waals surface area contributed by atoms with Crippen LogP contribution in [0.5, 0.6) is 11.5 Å². The Kier molecular flexibility index (Phi) is 9.22. The van der Waals surface area contributed by atoms with Gasteiger partial charge in [-0.3, -0.25) is 14.5 Å². The first kappa shape index (κ1) is 32.0. The number of ether oxygens (including phenoxy) is 2. The number of methoxy groups -OCH3 is 2. The number of pyridine rings is 1. The number of carboxylic acids is 1. The molecule has 1 atom stereocenters. The van der Waals surface area contributed by atoms with Crippen molar-refractivity contribution in [2.75, 3.05) is 24.4 Å². The molecule has 2 N–H and O–H groups in total. The Morgan fingerprint density at radius 2 is 1.65 bits per heavy atom. The molecule has 1 aliphatic heterocycles. The van der Waals surface area contributed by atoms with Crippen LogP contribution in [0.2, 0.25) is 0 Å². The second-order valence-corrected chi connectivity index (χ2v) is 12.0. The van der Waals surface area contributed by atoms with Gasteiger partial charge in [0.2, 0.25) is 5.91 Å². The van der Waals surface area contributed by atoms with Crippen molar-refractivity contribution in [3.63, 3.8) is 0 Å². The topological polar surface area (TPSA) is 130 Å². The average molecular weight is 659 g/mol. The van der Waals surface area contributed by atoms with Crippen molar-refractivity contribution in [1.82, 2.24) is 4.98 Å². The Morgan fingerprint density at radius 3 is 2.35 bits per heavy atom. The summed E-state index contributed by atoms with van der Waals surface area (Å²) in [7, 11) is 3.10. The summed E-state index contributed by atoms with van der Waals surface area (Å²) < 4.78 is 10.8. The number of carbonyl (C=O) groups excluding carboxylic acids is 2. The molecule has 2 heterocycles. The first-order valence-corrected chi connectivity index (χ1v) is 15.8. The fourth-order valence-electron chi connectivity index (χ4n) is 5.15. The summed E-state index contributed by atoms with van der Waals surface area (Å²) in [5, 5.41) is 13.0. The number of aliphatic imine (C=N–C) groups is 1. The summed E-state index contributed by atoms with van der Waals surface area (Å²) >= 11 is 1.16. The highest BCUT2D eigenvalue weighted by atomic mass is 32.2. The van der Waals surface area contributed by atoms with E-state index in [4.69, 9.17) is 9.47 Å². The van der Waals surface area contributed by atoms with Crippen LogP contribution in [-0.4, -0.2) is 52.5 Å². The number of amidine groups is 1. The van der Waals surface area contributed by atoms with Crippen LogP contribution in [-0.2, 0) is 9.59 Å². The van der Waals surface area contributed by atoms with Gasteiger partial charge in [-0.1, -0.05) is 60.3 Å². The van der Waals surface area contributed by atoms with Gasteiger partial charge >= 0.3 is 5.97 Å². The molecule has 5 aromatic rings. The minimum absolute atomic E-state index is 0.165. The lowest BCUT2D eigenvalue weighted by atomic mass is 10.0. The van der Waals surface area contributed by atoms with Gasteiger partial charge < -0.3 is 19.9 Å². The molecule has 0 saturated heterocycles. The zero-order valence-corrected chi connectivity index (χ0v) is 27.0. The van der Waals surface area contributed by atoms with E-state index in [1.165, 1.54) is 12.0 Å². The second kappa shape index (κ2) is 13.8. The number of nitrogens with one attached hydrogen (secondary N) is 1. The predicted molar refractivity (Wildman–Crippen MR) is 189 cm³/mol. The van der Waals surface area contributed by atoms with Gasteiger partial charge in [0.25, 0.3) is 5.91 Å². The van der Waals surface area contributed by atoms with Crippen LogP contribution in [0.25, 0.3) is 28.2 Å². The molecule has 1 aliphatic rings. The SMILES string of the molecule is COc1ccc(/C=C2\N=C(SC(C)C(=O)Nc3ccc(-c4cc(C(=O)O)c5ccccc5n4)cc3)N(c3ccccc3)C2=O)c(OC)c1. The monoisotopic (exact) mass is 658 g/mol. The summed E-state index contributed by atoms with van der Waals surface area (Å²) in [6, 6.07) is 30.1. The highest BCUT2D eigenvalue weighted by molar-refractivity contribution is 8.15. The number of para-hydroxylation sites is 2. The number of rotatable bonds is 9. The number of benzene rings is 4. The van der Waals surface area contributed by atoms with Gasteiger partial charge in [0, 0.05) is 28.3 Å². The maximum atomic E-state index is 13.7. The molecule has 240 valence electrons. The third-order valence-electron chi connectivity index (χ3n) is 7.62. The minimum Gasteiger partial charge on any atom is -0.497 e. The molecule has 48 heavy (non-hydrogen) atoms. The smallest absolute Gasteiger partial charge is 0.336 e. The van der Waals surface area contributed by atoms with Gasteiger partial charge in [0.15, 0.2) is 5.17 Å². The van der Waals surface area contributed by atoms with Gasteiger partial charge in [-0.2, -0.15) is 0 Å². The van der Waals surface area contributed by atoms with E-state index in [1.54, 1.807) is 99.0 Å². The molecule has 0 bridgehead atoms. The minimum atomic E-state index is -1.03. The van der Waals surface area contributed by atoms with E-state index in [2.05, 4.69) is 15.3 Å². The lowest BCUT2D eigenvalue weighted by Gasteiger charge is -2.20. The van der Waals surface area contributed by atoms with Crippen molar-refractivity contribution in [1.29, 1.82) is 0 Å². The van der Waals surface area contributed by atoms with Gasteiger partial charge in [-0.25, -0.2) is 14.8 Å². The predicted octanol–water partition coefficient (Wildman–Crippen LogP) is 7.12. The zero-order valence-electron chi connectivity index (χ0n) is 26.2. The van der Waals surface area contributed by atoms with Crippen LogP contribution >= 0.6 is 11.8 Å². The number of aromatic nitrogens is 1. The molecule has 0 radical (unpaired) electrons. The third-order valence-corrected chi connectivity index (χ3v) is 8.68. The molecule has 4 aromatic carbocycles. The Bertz CT molecular complexity index is 2100. The van der Waals surface area contributed by atoms with Gasteiger partial charge in [-0.15, -0.1) is 0 Å². The molecule has 1 aromatic heterocycles. The van der Waals surface area contributed by atoms with Crippen molar-refractivity contribution in [2.24, 2.45) is 4.99 Å². The average Bonchev–Trinajstić information content (AvgIpc) is 3.41. The number of aromatic carboxylic acids is 1. The molecule has 10 nitrogen and oxygen atoms in total. The Hall–Kier alpha value is -5.94. The highest BCUT2D eigenvalue weighted by Crippen LogP contribution is 2.34. The maximum Gasteiger partial charge on any atom is 0.336 e. The molecule has 11 heteroatoms. The number of carbonyl (C=O) groups is 3. The number of carboxylic acid groups (broad SMARTS) is 1. The number of fused-ring (bicyclic) bond motifs is 1. The first-order chi connectivity index (χ1) is 23.2. The molecular formula is C37H30N4O6S. The third kappa shape index (κ3) is 6.62. The van der Waals surface area contributed by atoms with Gasteiger partial charge in [0.1, 0.15) is 17.2 Å². The lowest BCUT2D eigenvalue weighted by molar-refractivity contribution is -0.115. The van der Waals surface area contributed by atoms with E-state index in [1.807, 2.05) is 24.3 Å². The Balaban J connectivity index is 1.22. The van der Waals surface area contributed by atoms with Crippen LogP contribution in [0.15, 0.2) is 114 Å². The Morgan fingerprint density at radius 1 is 0.917 bits per heavy atom. The van der Waals surface area contributed by atoms with E-state index in [9.17, 15) is 19.5 Å². The number of anilines is 2.